The zero-order valence-corrected chi connectivity index (χ0v) is 20.3. The summed E-state index contributed by atoms with van der Waals surface area (Å²) in [7, 11) is 1.94. The first kappa shape index (κ1) is 24.9. The molecule has 2 amide bonds. The van der Waals surface area contributed by atoms with E-state index in [1.807, 2.05) is 30.1 Å². The second kappa shape index (κ2) is 11.9. The number of carbonyl (C=O) groups excluding carboxylic acids is 2. The van der Waals surface area contributed by atoms with E-state index in [9.17, 15) is 9.59 Å². The van der Waals surface area contributed by atoms with Crippen LogP contribution in [0.3, 0.4) is 0 Å². The van der Waals surface area contributed by atoms with Gasteiger partial charge >= 0.3 is 0 Å². The quantitative estimate of drug-likeness (QED) is 0.497. The Morgan fingerprint density at radius 2 is 2.03 bits per heavy atom. The third-order valence-corrected chi connectivity index (χ3v) is 6.34. The summed E-state index contributed by atoms with van der Waals surface area (Å²) in [6.45, 7) is 6.04. The van der Waals surface area contributed by atoms with Crippen molar-refractivity contribution in [1.82, 2.24) is 15.1 Å². The van der Waals surface area contributed by atoms with Crippen LogP contribution in [0.1, 0.15) is 64.4 Å². The van der Waals surface area contributed by atoms with Crippen LogP contribution in [0.25, 0.3) is 0 Å². The third-order valence-electron chi connectivity index (χ3n) is 6.34. The molecule has 1 heterocycles. The highest BCUT2D eigenvalue weighted by molar-refractivity contribution is 5.88. The summed E-state index contributed by atoms with van der Waals surface area (Å²) in [5.41, 5.74) is 7.89. The van der Waals surface area contributed by atoms with Crippen LogP contribution in [0.5, 0.6) is 5.75 Å². The van der Waals surface area contributed by atoms with E-state index in [2.05, 4.69) is 24.2 Å². The topological polar surface area (TPSA) is 100 Å². The van der Waals surface area contributed by atoms with Crippen LogP contribution >= 0.6 is 0 Å². The van der Waals surface area contributed by atoms with Crippen LogP contribution in [0, 0.1) is 5.92 Å². The van der Waals surface area contributed by atoms with Crippen molar-refractivity contribution < 1.29 is 14.3 Å². The van der Waals surface area contributed by atoms with Crippen LogP contribution in [0.4, 0.5) is 5.69 Å². The molecule has 1 aromatic carbocycles. The number of aliphatic imine (C=N–C) groups is 1. The summed E-state index contributed by atoms with van der Waals surface area (Å²) in [5.74, 6) is 1.66. The number of fused-ring (bicyclic) bond motifs is 1. The average Bonchev–Trinajstić information content (AvgIpc) is 3.32. The zero-order valence-electron chi connectivity index (χ0n) is 20.3. The largest absolute Gasteiger partial charge is 0.494 e. The maximum atomic E-state index is 12.3. The minimum atomic E-state index is -0.0572. The Labute approximate surface area is 197 Å². The van der Waals surface area contributed by atoms with Gasteiger partial charge in [0.25, 0.3) is 0 Å². The monoisotopic (exact) mass is 457 g/mol. The van der Waals surface area contributed by atoms with Gasteiger partial charge < -0.3 is 25.6 Å². The molecule has 1 aliphatic heterocycles. The Balaban J connectivity index is 1.41. The first-order valence-corrected chi connectivity index (χ1v) is 12.2. The molecule has 0 radical (unpaired) electrons. The van der Waals surface area contributed by atoms with Crippen molar-refractivity contribution in [2.75, 3.05) is 26.7 Å². The summed E-state index contributed by atoms with van der Waals surface area (Å²) < 4.78 is 5.88. The minimum Gasteiger partial charge on any atom is -0.494 e. The summed E-state index contributed by atoms with van der Waals surface area (Å²) in [4.78, 5) is 32.7. The van der Waals surface area contributed by atoms with E-state index in [1.54, 1.807) is 4.90 Å². The lowest BCUT2D eigenvalue weighted by Crippen LogP contribution is -2.45. The standard InChI is InChI=1S/C25H39N5O3/c1-18(2)15-27-23(31)17-30-16-19-11-12-21(14-22(19)28-25(30)26)33-13-7-6-10-24(32)29(3)20-8-4-5-9-20/h11-12,14,18,20H,4-10,13,15-17H2,1-3H3,(H2,26,28)(H,27,31). The number of carbonyl (C=O) groups is 2. The van der Waals surface area contributed by atoms with Crippen LogP contribution in [-0.4, -0.2) is 60.4 Å². The lowest BCUT2D eigenvalue weighted by molar-refractivity contribution is -0.132. The molecule has 3 N–H and O–H groups in total. The number of unbranched alkanes of at least 4 members (excludes halogenated alkanes) is 1. The highest BCUT2D eigenvalue weighted by Crippen LogP contribution is 2.30. The summed E-state index contributed by atoms with van der Waals surface area (Å²) >= 11 is 0. The van der Waals surface area contributed by atoms with Gasteiger partial charge in [-0.25, -0.2) is 4.99 Å². The number of nitrogens with two attached hydrogens (primary N) is 1. The maximum Gasteiger partial charge on any atom is 0.239 e. The van der Waals surface area contributed by atoms with Gasteiger partial charge in [0, 0.05) is 38.7 Å². The second-order valence-electron chi connectivity index (χ2n) is 9.56. The number of ether oxygens (including phenoxy) is 1. The Hall–Kier alpha value is -2.77. The van der Waals surface area contributed by atoms with Crippen LogP contribution in [-0.2, 0) is 16.1 Å². The van der Waals surface area contributed by atoms with Crippen molar-refractivity contribution in [2.45, 2.75) is 71.4 Å². The Kier molecular flexibility index (Phi) is 8.97. The number of nitrogens with one attached hydrogen (secondary N) is 1. The van der Waals surface area contributed by atoms with Gasteiger partial charge in [0.05, 0.1) is 18.8 Å². The number of hydrogen-bond donors (Lipinski definition) is 2. The van der Waals surface area contributed by atoms with E-state index >= 15 is 0 Å². The van der Waals surface area contributed by atoms with E-state index in [-0.39, 0.29) is 18.4 Å². The van der Waals surface area contributed by atoms with Crippen molar-refractivity contribution in [3.05, 3.63) is 23.8 Å². The fourth-order valence-corrected chi connectivity index (χ4v) is 4.28. The molecule has 0 aromatic heterocycles. The van der Waals surface area contributed by atoms with E-state index in [0.29, 0.717) is 44.0 Å². The average molecular weight is 458 g/mol. The van der Waals surface area contributed by atoms with Crippen molar-refractivity contribution in [2.24, 2.45) is 16.6 Å². The Bertz CT molecular complexity index is 848. The molecule has 0 bridgehead atoms. The molecule has 33 heavy (non-hydrogen) atoms. The van der Waals surface area contributed by atoms with E-state index < -0.39 is 0 Å². The van der Waals surface area contributed by atoms with E-state index in [4.69, 9.17) is 10.5 Å². The van der Waals surface area contributed by atoms with Gasteiger partial charge in [-0.1, -0.05) is 32.8 Å². The van der Waals surface area contributed by atoms with Gasteiger partial charge in [0.2, 0.25) is 11.8 Å². The minimum absolute atomic E-state index is 0.0572. The first-order valence-electron chi connectivity index (χ1n) is 12.2. The summed E-state index contributed by atoms with van der Waals surface area (Å²) in [5, 5.41) is 2.91. The number of nitrogens with zero attached hydrogens (tertiary/aromatic N) is 3. The predicted molar refractivity (Wildman–Crippen MR) is 130 cm³/mol. The summed E-state index contributed by atoms with van der Waals surface area (Å²) in [6, 6.07) is 6.21. The molecule has 1 aliphatic carbocycles. The van der Waals surface area contributed by atoms with E-state index in [0.717, 1.165) is 42.7 Å². The molecular formula is C25H39N5O3. The SMILES string of the molecule is CC(C)CNC(=O)CN1Cc2ccc(OCCCCC(=O)N(C)C3CCCC3)cc2N=C1N. The number of benzene rings is 1. The molecule has 182 valence electrons. The van der Waals surface area contributed by atoms with Crippen molar-refractivity contribution >= 4 is 23.5 Å². The molecule has 3 rings (SSSR count). The van der Waals surface area contributed by atoms with Gasteiger partial charge in [-0.2, -0.15) is 0 Å². The normalized spacial score (nSPS) is 15.9. The molecule has 2 aliphatic rings. The molecule has 0 spiro atoms. The lowest BCUT2D eigenvalue weighted by atomic mass is 10.1. The van der Waals surface area contributed by atoms with E-state index in [1.165, 1.54) is 12.8 Å². The molecule has 1 saturated carbocycles. The lowest BCUT2D eigenvalue weighted by Gasteiger charge is -2.28. The summed E-state index contributed by atoms with van der Waals surface area (Å²) in [6.07, 6.45) is 6.96. The molecule has 1 fully saturated rings. The number of amides is 2. The van der Waals surface area contributed by atoms with Crippen molar-refractivity contribution in [3.63, 3.8) is 0 Å². The molecule has 0 saturated heterocycles. The van der Waals surface area contributed by atoms with Gasteiger partial charge in [-0.3, -0.25) is 9.59 Å². The number of rotatable bonds is 11. The third kappa shape index (κ3) is 7.37. The van der Waals surface area contributed by atoms with Crippen LogP contribution in [0.2, 0.25) is 0 Å². The Morgan fingerprint density at radius 1 is 1.27 bits per heavy atom. The van der Waals surface area contributed by atoms with Crippen molar-refractivity contribution in [1.29, 1.82) is 0 Å². The smallest absolute Gasteiger partial charge is 0.239 e. The second-order valence-corrected chi connectivity index (χ2v) is 9.56. The first-order chi connectivity index (χ1) is 15.8. The number of hydrogen-bond acceptors (Lipinski definition) is 6. The van der Waals surface area contributed by atoms with Gasteiger partial charge in [-0.05, 0) is 43.2 Å². The predicted octanol–water partition coefficient (Wildman–Crippen LogP) is 3.17. The fourth-order valence-electron chi connectivity index (χ4n) is 4.28. The molecule has 0 unspecified atom stereocenters. The molecule has 8 heteroatoms. The van der Waals surface area contributed by atoms with Gasteiger partial charge in [0.1, 0.15) is 5.75 Å². The van der Waals surface area contributed by atoms with Gasteiger partial charge in [0.15, 0.2) is 5.96 Å². The maximum absolute atomic E-state index is 12.3. The van der Waals surface area contributed by atoms with Gasteiger partial charge in [-0.15, -0.1) is 0 Å². The van der Waals surface area contributed by atoms with Crippen molar-refractivity contribution in [3.8, 4) is 5.75 Å². The molecule has 1 aromatic rings. The highest BCUT2D eigenvalue weighted by Gasteiger charge is 2.23. The molecule has 0 atom stereocenters. The molecule has 8 nitrogen and oxygen atoms in total. The highest BCUT2D eigenvalue weighted by atomic mass is 16.5. The molecular weight excluding hydrogens is 418 g/mol. The zero-order chi connectivity index (χ0) is 23.8. The van der Waals surface area contributed by atoms with Crippen LogP contribution < -0.4 is 15.8 Å². The fraction of sp³-hybridized carbons (Fsp3) is 0.640. The Morgan fingerprint density at radius 3 is 2.76 bits per heavy atom. The van der Waals surface area contributed by atoms with Crippen LogP contribution in [0.15, 0.2) is 23.2 Å². The number of guanidine groups is 1.